The molecule has 0 heterocycles. The molecular formula is C21H33NO. The fourth-order valence-corrected chi connectivity index (χ4v) is 4.94. The van der Waals surface area contributed by atoms with Crippen molar-refractivity contribution in [2.75, 3.05) is 13.7 Å². The quantitative estimate of drug-likeness (QED) is 0.784. The van der Waals surface area contributed by atoms with Gasteiger partial charge in [0.05, 0.1) is 7.11 Å². The van der Waals surface area contributed by atoms with E-state index in [1.807, 2.05) is 0 Å². The lowest BCUT2D eigenvalue weighted by molar-refractivity contribution is 0.166. The first-order valence-corrected chi connectivity index (χ1v) is 9.60. The molecule has 1 fully saturated rings. The highest BCUT2D eigenvalue weighted by atomic mass is 16.5. The van der Waals surface area contributed by atoms with Crippen LogP contribution in [0.25, 0.3) is 0 Å². The van der Waals surface area contributed by atoms with Gasteiger partial charge >= 0.3 is 0 Å². The van der Waals surface area contributed by atoms with Crippen molar-refractivity contribution in [3.63, 3.8) is 0 Å². The molecule has 0 radical (unpaired) electrons. The molecule has 2 aliphatic carbocycles. The minimum atomic E-state index is 0.251. The average molecular weight is 316 g/mol. The smallest absolute Gasteiger partial charge is 0.119 e. The normalized spacial score (nSPS) is 30.2. The van der Waals surface area contributed by atoms with Crippen molar-refractivity contribution in [2.24, 2.45) is 5.92 Å². The fraction of sp³-hybridized carbons (Fsp3) is 0.714. The molecule has 0 amide bonds. The highest BCUT2D eigenvalue weighted by Gasteiger charge is 2.45. The maximum absolute atomic E-state index is 5.53. The molecule has 0 aromatic heterocycles. The SMILES string of the molecule is CCCCN[C@H]1[C@H]2CCCCC[C@]1(C)c1cc(OC)ccc1C2. The number of nitrogens with one attached hydrogen (secondary N) is 1. The van der Waals surface area contributed by atoms with Crippen molar-refractivity contribution in [1.82, 2.24) is 5.32 Å². The Balaban J connectivity index is 1.98. The van der Waals surface area contributed by atoms with Crippen LogP contribution in [0.5, 0.6) is 5.75 Å². The lowest BCUT2D eigenvalue weighted by Crippen LogP contribution is -2.55. The minimum Gasteiger partial charge on any atom is -0.497 e. The zero-order valence-electron chi connectivity index (χ0n) is 15.2. The first-order chi connectivity index (χ1) is 11.2. The van der Waals surface area contributed by atoms with Gasteiger partial charge < -0.3 is 10.1 Å². The van der Waals surface area contributed by atoms with Crippen molar-refractivity contribution in [2.45, 2.75) is 76.7 Å². The Labute approximate surface area is 142 Å². The maximum Gasteiger partial charge on any atom is 0.119 e. The molecular weight excluding hydrogens is 282 g/mol. The second-order valence-electron chi connectivity index (χ2n) is 7.79. The maximum atomic E-state index is 5.53. The van der Waals surface area contributed by atoms with E-state index in [1.165, 1.54) is 51.4 Å². The number of unbranched alkanes of at least 4 members (excludes halogenated alkanes) is 1. The van der Waals surface area contributed by atoms with E-state index in [1.54, 1.807) is 18.2 Å². The standard InChI is InChI=1S/C21H33NO/c1-4-5-13-22-20-17-9-7-6-8-12-21(20,2)19-15-18(23-3)11-10-16(19)14-17/h10-11,15,17,20,22H,4-9,12-14H2,1-3H3/t17-,20-,21+/m0/s1. The first-order valence-electron chi connectivity index (χ1n) is 9.60. The van der Waals surface area contributed by atoms with Crippen LogP contribution >= 0.6 is 0 Å². The van der Waals surface area contributed by atoms with Crippen LogP contribution in [0.2, 0.25) is 0 Å². The Morgan fingerprint density at radius 3 is 2.91 bits per heavy atom. The first kappa shape index (κ1) is 16.8. The summed E-state index contributed by atoms with van der Waals surface area (Å²) in [6.07, 6.45) is 10.6. The Bertz CT molecular complexity index is 527. The van der Waals surface area contributed by atoms with Crippen LogP contribution in [0.15, 0.2) is 18.2 Å². The van der Waals surface area contributed by atoms with Crippen LogP contribution in [-0.4, -0.2) is 19.7 Å². The van der Waals surface area contributed by atoms with Gasteiger partial charge in [-0.05, 0) is 61.4 Å². The van der Waals surface area contributed by atoms with Gasteiger partial charge in [0.1, 0.15) is 5.75 Å². The predicted molar refractivity (Wildman–Crippen MR) is 97.3 cm³/mol. The van der Waals surface area contributed by atoms with Gasteiger partial charge in [-0.3, -0.25) is 0 Å². The number of rotatable bonds is 5. The molecule has 2 nitrogen and oxygen atoms in total. The number of hydrogen-bond donors (Lipinski definition) is 1. The van der Waals surface area contributed by atoms with E-state index in [0.29, 0.717) is 6.04 Å². The summed E-state index contributed by atoms with van der Waals surface area (Å²) in [5, 5.41) is 3.97. The number of methoxy groups -OCH3 is 1. The van der Waals surface area contributed by atoms with Crippen LogP contribution in [0, 0.1) is 5.92 Å². The number of fused-ring (bicyclic) bond motifs is 4. The van der Waals surface area contributed by atoms with Gasteiger partial charge in [0.25, 0.3) is 0 Å². The van der Waals surface area contributed by atoms with E-state index in [4.69, 9.17) is 4.74 Å². The van der Waals surface area contributed by atoms with Gasteiger partial charge in [-0.1, -0.05) is 45.6 Å². The van der Waals surface area contributed by atoms with Crippen LogP contribution in [0.4, 0.5) is 0 Å². The second-order valence-corrected chi connectivity index (χ2v) is 7.79. The Morgan fingerprint density at radius 2 is 2.13 bits per heavy atom. The summed E-state index contributed by atoms with van der Waals surface area (Å²) in [6.45, 7) is 5.95. The lowest BCUT2D eigenvalue weighted by atomic mass is 9.59. The summed E-state index contributed by atoms with van der Waals surface area (Å²) < 4.78 is 5.53. The molecule has 1 N–H and O–H groups in total. The lowest BCUT2D eigenvalue weighted by Gasteiger charge is -2.49. The highest BCUT2D eigenvalue weighted by molar-refractivity contribution is 5.44. The third-order valence-electron chi connectivity index (χ3n) is 6.24. The zero-order chi connectivity index (χ0) is 16.3. The molecule has 2 heteroatoms. The van der Waals surface area contributed by atoms with Gasteiger partial charge in [0, 0.05) is 11.5 Å². The van der Waals surface area contributed by atoms with E-state index in [9.17, 15) is 0 Å². The van der Waals surface area contributed by atoms with Crippen molar-refractivity contribution in [1.29, 1.82) is 0 Å². The molecule has 1 aromatic rings. The van der Waals surface area contributed by atoms with Gasteiger partial charge in [0.15, 0.2) is 0 Å². The molecule has 3 rings (SSSR count). The summed E-state index contributed by atoms with van der Waals surface area (Å²) in [5.41, 5.74) is 3.36. The molecule has 1 aromatic carbocycles. The Morgan fingerprint density at radius 1 is 1.26 bits per heavy atom. The molecule has 23 heavy (non-hydrogen) atoms. The van der Waals surface area contributed by atoms with Crippen LogP contribution in [-0.2, 0) is 11.8 Å². The van der Waals surface area contributed by atoms with Gasteiger partial charge in [-0.15, -0.1) is 0 Å². The van der Waals surface area contributed by atoms with E-state index >= 15 is 0 Å². The number of benzene rings is 1. The van der Waals surface area contributed by atoms with E-state index in [0.717, 1.165) is 18.2 Å². The summed E-state index contributed by atoms with van der Waals surface area (Å²) in [4.78, 5) is 0. The molecule has 0 saturated heterocycles. The van der Waals surface area contributed by atoms with Crippen LogP contribution < -0.4 is 10.1 Å². The number of ether oxygens (including phenoxy) is 1. The summed E-state index contributed by atoms with van der Waals surface area (Å²) in [5.74, 6) is 1.80. The van der Waals surface area contributed by atoms with Gasteiger partial charge in [-0.2, -0.15) is 0 Å². The van der Waals surface area contributed by atoms with Crippen LogP contribution in [0.1, 0.15) is 69.9 Å². The number of hydrogen-bond acceptors (Lipinski definition) is 2. The summed E-state index contributed by atoms with van der Waals surface area (Å²) >= 11 is 0. The highest BCUT2D eigenvalue weighted by Crippen LogP contribution is 2.47. The molecule has 2 bridgehead atoms. The molecule has 3 atom stereocenters. The van der Waals surface area contributed by atoms with Crippen molar-refractivity contribution < 1.29 is 4.74 Å². The largest absolute Gasteiger partial charge is 0.497 e. The van der Waals surface area contributed by atoms with E-state index < -0.39 is 0 Å². The van der Waals surface area contributed by atoms with E-state index in [-0.39, 0.29) is 5.41 Å². The third kappa shape index (κ3) is 3.28. The Hall–Kier alpha value is -1.02. The second kappa shape index (κ2) is 7.25. The minimum absolute atomic E-state index is 0.251. The average Bonchev–Trinajstić information content (AvgIpc) is 2.56. The molecule has 1 saturated carbocycles. The fourth-order valence-electron chi connectivity index (χ4n) is 4.94. The molecule has 128 valence electrons. The zero-order valence-corrected chi connectivity index (χ0v) is 15.2. The molecule has 0 unspecified atom stereocenters. The topological polar surface area (TPSA) is 21.3 Å². The van der Waals surface area contributed by atoms with Crippen molar-refractivity contribution in [3.8, 4) is 5.75 Å². The van der Waals surface area contributed by atoms with E-state index in [2.05, 4.69) is 37.4 Å². The van der Waals surface area contributed by atoms with Crippen molar-refractivity contribution in [3.05, 3.63) is 29.3 Å². The van der Waals surface area contributed by atoms with Crippen LogP contribution in [0.3, 0.4) is 0 Å². The summed E-state index contributed by atoms with van der Waals surface area (Å²) in [7, 11) is 1.78. The Kier molecular flexibility index (Phi) is 5.31. The monoisotopic (exact) mass is 315 g/mol. The third-order valence-corrected chi connectivity index (χ3v) is 6.24. The summed E-state index contributed by atoms with van der Waals surface area (Å²) in [6, 6.07) is 7.41. The van der Waals surface area contributed by atoms with Gasteiger partial charge in [0.2, 0.25) is 0 Å². The predicted octanol–water partition coefficient (Wildman–Crippen LogP) is 4.85. The molecule has 2 aliphatic rings. The van der Waals surface area contributed by atoms with Gasteiger partial charge in [-0.25, -0.2) is 0 Å². The molecule has 0 aliphatic heterocycles. The van der Waals surface area contributed by atoms with Crippen molar-refractivity contribution >= 4 is 0 Å². The molecule has 0 spiro atoms.